The van der Waals surface area contributed by atoms with Crippen LogP contribution in [-0.4, -0.2) is 28.7 Å². The van der Waals surface area contributed by atoms with Crippen molar-refractivity contribution in [3.8, 4) is 0 Å². The predicted octanol–water partition coefficient (Wildman–Crippen LogP) is 3.22. The molecule has 0 saturated carbocycles. The van der Waals surface area contributed by atoms with E-state index in [1.54, 1.807) is 4.90 Å². The number of anilines is 1. The highest BCUT2D eigenvalue weighted by Crippen LogP contribution is 2.54. The largest absolute Gasteiger partial charge is 0.306 e. The molecule has 6 heteroatoms. The summed E-state index contributed by atoms with van der Waals surface area (Å²) < 4.78 is 0. The molecule has 1 spiro atoms. The third-order valence-electron chi connectivity index (χ3n) is 7.47. The molecule has 3 aliphatic heterocycles. The number of likely N-dealkylation sites (tertiary alicyclic amines) is 1. The van der Waals surface area contributed by atoms with Crippen molar-refractivity contribution < 1.29 is 14.4 Å². The van der Waals surface area contributed by atoms with Gasteiger partial charge in [-0.25, -0.2) is 0 Å². The molecule has 0 aromatic heterocycles. The molecule has 3 heterocycles. The van der Waals surface area contributed by atoms with E-state index in [2.05, 4.69) is 5.32 Å². The molecule has 3 aliphatic rings. The first-order valence-electron chi connectivity index (χ1n) is 11.6. The second-order valence-corrected chi connectivity index (χ2v) is 9.39. The van der Waals surface area contributed by atoms with E-state index in [1.165, 1.54) is 4.90 Å². The zero-order chi connectivity index (χ0) is 23.4. The van der Waals surface area contributed by atoms with E-state index in [-0.39, 0.29) is 30.3 Å². The molecule has 2 fully saturated rings. The third-order valence-corrected chi connectivity index (χ3v) is 7.47. The molecular weight excluding hydrogens is 426 g/mol. The van der Waals surface area contributed by atoms with Gasteiger partial charge in [-0.15, -0.1) is 0 Å². The average molecular weight is 452 g/mol. The summed E-state index contributed by atoms with van der Waals surface area (Å²) in [4.78, 5) is 44.6. The first-order valence-corrected chi connectivity index (χ1v) is 11.6. The smallest absolute Gasteiger partial charge is 0.253 e. The lowest BCUT2D eigenvalue weighted by Crippen LogP contribution is -2.54. The Hall–Kier alpha value is -3.77. The van der Waals surface area contributed by atoms with E-state index in [0.29, 0.717) is 6.54 Å². The van der Waals surface area contributed by atoms with Crippen LogP contribution in [0.2, 0.25) is 0 Å². The van der Waals surface area contributed by atoms with Gasteiger partial charge in [-0.1, -0.05) is 78.9 Å². The number of amides is 3. The van der Waals surface area contributed by atoms with Crippen molar-refractivity contribution >= 4 is 23.4 Å². The van der Waals surface area contributed by atoms with Crippen molar-refractivity contribution in [1.29, 1.82) is 0 Å². The van der Waals surface area contributed by atoms with Crippen LogP contribution < -0.4 is 10.2 Å². The molecular formula is C28H25N3O3. The van der Waals surface area contributed by atoms with Gasteiger partial charge in [-0.05, 0) is 24.1 Å². The zero-order valence-electron chi connectivity index (χ0n) is 18.8. The summed E-state index contributed by atoms with van der Waals surface area (Å²) in [6, 6.07) is 26.6. The van der Waals surface area contributed by atoms with Crippen LogP contribution in [0.15, 0.2) is 84.9 Å². The highest BCUT2D eigenvalue weighted by atomic mass is 16.2. The Kier molecular flexibility index (Phi) is 4.67. The van der Waals surface area contributed by atoms with Crippen LogP contribution >= 0.6 is 0 Å². The second kappa shape index (κ2) is 7.64. The number of para-hydroxylation sites is 1. The Morgan fingerprint density at radius 2 is 1.29 bits per heavy atom. The van der Waals surface area contributed by atoms with Crippen LogP contribution in [0.1, 0.15) is 23.6 Å². The van der Waals surface area contributed by atoms with E-state index >= 15 is 0 Å². The number of carbonyl (C=O) groups is 3. The van der Waals surface area contributed by atoms with E-state index in [4.69, 9.17) is 0 Å². The fourth-order valence-electron chi connectivity index (χ4n) is 6.01. The summed E-state index contributed by atoms with van der Waals surface area (Å²) in [6.07, 6.45) is 0. The standard InChI is InChI=1S/C28H25N3O3/c1-18-23-24(26(33)31(25(23)32)17-20-12-6-3-7-13-20)28(29-18)21-14-8-9-15-22(21)30(27(28)34)16-19-10-4-2-5-11-19/h2-15,18,23-24,29H,16-17H2,1H3. The third kappa shape index (κ3) is 2.82. The maximum atomic E-state index is 14.2. The Morgan fingerprint density at radius 1 is 0.735 bits per heavy atom. The van der Waals surface area contributed by atoms with E-state index in [0.717, 1.165) is 22.4 Å². The number of imide groups is 1. The Balaban J connectivity index is 1.42. The lowest BCUT2D eigenvalue weighted by molar-refractivity contribution is -0.143. The minimum atomic E-state index is -1.24. The van der Waals surface area contributed by atoms with Crippen LogP contribution in [-0.2, 0) is 33.0 Å². The Labute approximate surface area is 198 Å². The molecule has 4 atom stereocenters. The molecule has 2 saturated heterocycles. The SMILES string of the molecule is CC1NC2(C(=O)N(Cc3ccccc3)c3ccccc32)C2C(=O)N(Cc3ccccc3)C(=O)C12. The van der Waals surface area contributed by atoms with Gasteiger partial charge >= 0.3 is 0 Å². The van der Waals surface area contributed by atoms with E-state index in [9.17, 15) is 14.4 Å². The monoisotopic (exact) mass is 451 g/mol. The quantitative estimate of drug-likeness (QED) is 0.619. The van der Waals surface area contributed by atoms with Crippen LogP contribution in [0.4, 0.5) is 5.69 Å². The first-order chi connectivity index (χ1) is 16.5. The van der Waals surface area contributed by atoms with Gasteiger partial charge in [0.2, 0.25) is 11.8 Å². The summed E-state index contributed by atoms with van der Waals surface area (Å²) in [7, 11) is 0. The molecule has 1 N–H and O–H groups in total. The number of rotatable bonds is 4. The van der Waals surface area contributed by atoms with Crippen LogP contribution in [0.25, 0.3) is 0 Å². The maximum Gasteiger partial charge on any atom is 0.253 e. The van der Waals surface area contributed by atoms with Crippen molar-refractivity contribution in [2.24, 2.45) is 11.8 Å². The minimum Gasteiger partial charge on any atom is -0.306 e. The second-order valence-electron chi connectivity index (χ2n) is 9.39. The van der Waals surface area contributed by atoms with Crippen molar-refractivity contribution in [3.63, 3.8) is 0 Å². The fraction of sp³-hybridized carbons (Fsp3) is 0.250. The van der Waals surface area contributed by atoms with Crippen LogP contribution in [0.5, 0.6) is 0 Å². The molecule has 0 radical (unpaired) electrons. The van der Waals surface area contributed by atoms with Crippen molar-refractivity contribution in [2.45, 2.75) is 31.6 Å². The molecule has 6 nitrogen and oxygen atoms in total. The van der Waals surface area contributed by atoms with Crippen molar-refractivity contribution in [3.05, 3.63) is 102 Å². The molecule has 3 aromatic rings. The van der Waals surface area contributed by atoms with Crippen LogP contribution in [0, 0.1) is 11.8 Å². The molecule has 170 valence electrons. The van der Waals surface area contributed by atoms with Gasteiger partial charge in [0.1, 0.15) is 5.54 Å². The molecule has 3 amide bonds. The molecule has 34 heavy (non-hydrogen) atoms. The lowest BCUT2D eigenvalue weighted by atomic mass is 9.76. The number of carbonyl (C=O) groups excluding carboxylic acids is 3. The van der Waals surface area contributed by atoms with Gasteiger partial charge < -0.3 is 4.90 Å². The Bertz CT molecular complexity index is 1290. The number of fused-ring (bicyclic) bond motifs is 4. The Morgan fingerprint density at radius 3 is 1.94 bits per heavy atom. The molecule has 4 unspecified atom stereocenters. The average Bonchev–Trinajstić information content (AvgIpc) is 3.40. The van der Waals surface area contributed by atoms with Crippen LogP contribution in [0.3, 0.4) is 0 Å². The van der Waals surface area contributed by atoms with Gasteiger partial charge in [0, 0.05) is 17.3 Å². The summed E-state index contributed by atoms with van der Waals surface area (Å²) in [5.74, 6) is -2.00. The molecule has 0 aliphatic carbocycles. The summed E-state index contributed by atoms with van der Waals surface area (Å²) >= 11 is 0. The first kappa shape index (κ1) is 20.8. The molecule has 0 bridgehead atoms. The number of nitrogens with zero attached hydrogens (tertiary/aromatic N) is 2. The predicted molar refractivity (Wildman–Crippen MR) is 127 cm³/mol. The zero-order valence-corrected chi connectivity index (χ0v) is 18.8. The topological polar surface area (TPSA) is 69.7 Å². The number of hydrogen-bond donors (Lipinski definition) is 1. The summed E-state index contributed by atoms with van der Waals surface area (Å²) in [6.45, 7) is 2.53. The summed E-state index contributed by atoms with van der Waals surface area (Å²) in [5, 5.41) is 3.44. The molecule has 6 rings (SSSR count). The minimum absolute atomic E-state index is 0.167. The van der Waals surface area contributed by atoms with Gasteiger partial charge in [0.05, 0.1) is 24.9 Å². The van der Waals surface area contributed by atoms with Gasteiger partial charge in [-0.3, -0.25) is 24.6 Å². The normalized spacial score (nSPS) is 27.6. The van der Waals surface area contributed by atoms with Gasteiger partial charge in [0.25, 0.3) is 5.91 Å². The van der Waals surface area contributed by atoms with Gasteiger partial charge in [0.15, 0.2) is 0 Å². The van der Waals surface area contributed by atoms with Crippen molar-refractivity contribution in [2.75, 3.05) is 4.90 Å². The number of hydrogen-bond acceptors (Lipinski definition) is 4. The number of benzene rings is 3. The van der Waals surface area contributed by atoms with Crippen molar-refractivity contribution in [1.82, 2.24) is 10.2 Å². The molecule has 3 aromatic carbocycles. The fourth-order valence-corrected chi connectivity index (χ4v) is 6.01. The number of nitrogens with one attached hydrogen (secondary N) is 1. The van der Waals surface area contributed by atoms with E-state index < -0.39 is 17.4 Å². The maximum absolute atomic E-state index is 14.2. The lowest BCUT2D eigenvalue weighted by Gasteiger charge is -2.30. The van der Waals surface area contributed by atoms with Gasteiger partial charge in [-0.2, -0.15) is 0 Å². The van der Waals surface area contributed by atoms with E-state index in [1.807, 2.05) is 91.9 Å². The summed E-state index contributed by atoms with van der Waals surface area (Å²) in [5.41, 5.74) is 2.22. The highest BCUT2D eigenvalue weighted by molar-refractivity contribution is 6.16. The highest BCUT2D eigenvalue weighted by Gasteiger charge is 2.70.